The zero-order valence-corrected chi connectivity index (χ0v) is 16.6. The Bertz CT molecular complexity index is 611. The molecule has 0 amide bonds. The number of hydrogen-bond acceptors (Lipinski definition) is 3. The van der Waals surface area contributed by atoms with E-state index in [9.17, 15) is 0 Å². The minimum atomic E-state index is 0. The van der Waals surface area contributed by atoms with Crippen LogP contribution in [-0.2, 0) is 6.42 Å². The fourth-order valence-electron chi connectivity index (χ4n) is 3.18. The largest absolute Gasteiger partial charge is 0.469 e. The summed E-state index contributed by atoms with van der Waals surface area (Å²) >= 11 is 0. The van der Waals surface area contributed by atoms with Gasteiger partial charge in [0.1, 0.15) is 5.76 Å². The summed E-state index contributed by atoms with van der Waals surface area (Å²) in [5, 5.41) is 3.45. The Balaban J connectivity index is 0.00000208. The van der Waals surface area contributed by atoms with Gasteiger partial charge in [-0.25, -0.2) is 4.98 Å². The van der Waals surface area contributed by atoms with Gasteiger partial charge >= 0.3 is 0 Å². The second kappa shape index (κ2) is 9.10. The van der Waals surface area contributed by atoms with E-state index in [0.29, 0.717) is 12.0 Å². The van der Waals surface area contributed by atoms with Gasteiger partial charge in [-0.3, -0.25) is 4.99 Å². The standard InChI is InChI=1S/C17H25N5O.HI/c1-14-6-9-21(12-16(14)22-10-8-19-13-22)17(18-2)20-7-5-15-4-3-11-23-15;/h3-4,8,10-11,13-14,16H,5-7,9,12H2,1-2H3,(H,18,20);1H. The maximum Gasteiger partial charge on any atom is 0.193 e. The van der Waals surface area contributed by atoms with Crippen LogP contribution in [0.25, 0.3) is 0 Å². The highest BCUT2D eigenvalue weighted by atomic mass is 127. The van der Waals surface area contributed by atoms with E-state index in [2.05, 4.69) is 37.9 Å². The molecule has 6 nitrogen and oxygen atoms in total. The van der Waals surface area contributed by atoms with Crippen LogP contribution in [0.5, 0.6) is 0 Å². The average Bonchev–Trinajstić information content (AvgIpc) is 3.26. The van der Waals surface area contributed by atoms with Crippen LogP contribution >= 0.6 is 24.0 Å². The highest BCUT2D eigenvalue weighted by Gasteiger charge is 2.28. The van der Waals surface area contributed by atoms with Gasteiger partial charge in [-0.2, -0.15) is 0 Å². The van der Waals surface area contributed by atoms with Crippen LogP contribution in [-0.4, -0.2) is 47.1 Å². The number of aliphatic imine (C=N–C) groups is 1. The molecule has 1 aliphatic heterocycles. The maximum atomic E-state index is 5.37. The summed E-state index contributed by atoms with van der Waals surface area (Å²) < 4.78 is 7.59. The lowest BCUT2D eigenvalue weighted by molar-refractivity contribution is 0.189. The molecule has 1 N–H and O–H groups in total. The van der Waals surface area contributed by atoms with Gasteiger partial charge in [-0.1, -0.05) is 6.92 Å². The van der Waals surface area contributed by atoms with Crippen molar-refractivity contribution in [3.8, 4) is 0 Å². The van der Waals surface area contributed by atoms with E-state index in [4.69, 9.17) is 4.42 Å². The fourth-order valence-corrected chi connectivity index (χ4v) is 3.18. The number of guanidine groups is 1. The van der Waals surface area contributed by atoms with Crippen LogP contribution in [0.2, 0.25) is 0 Å². The number of halogens is 1. The van der Waals surface area contributed by atoms with E-state index < -0.39 is 0 Å². The summed E-state index contributed by atoms with van der Waals surface area (Å²) in [5.74, 6) is 2.60. The maximum absolute atomic E-state index is 5.37. The molecule has 0 aliphatic carbocycles. The van der Waals surface area contributed by atoms with Crippen molar-refractivity contribution in [3.05, 3.63) is 42.9 Å². The average molecular weight is 443 g/mol. The van der Waals surface area contributed by atoms with Gasteiger partial charge < -0.3 is 19.2 Å². The number of aromatic nitrogens is 2. The van der Waals surface area contributed by atoms with E-state index >= 15 is 0 Å². The molecule has 24 heavy (non-hydrogen) atoms. The normalized spacial score (nSPS) is 21.4. The molecule has 2 aromatic rings. The van der Waals surface area contributed by atoms with Crippen molar-refractivity contribution in [2.45, 2.75) is 25.8 Å². The van der Waals surface area contributed by atoms with Crippen molar-refractivity contribution >= 4 is 29.9 Å². The van der Waals surface area contributed by atoms with Crippen molar-refractivity contribution in [2.75, 3.05) is 26.7 Å². The fraction of sp³-hybridized carbons (Fsp3) is 0.529. The predicted molar refractivity (Wildman–Crippen MR) is 106 cm³/mol. The van der Waals surface area contributed by atoms with Gasteiger partial charge in [0.15, 0.2) is 5.96 Å². The summed E-state index contributed by atoms with van der Waals surface area (Å²) in [6.45, 7) is 5.13. The van der Waals surface area contributed by atoms with E-state index in [1.54, 1.807) is 6.26 Å². The van der Waals surface area contributed by atoms with Crippen LogP contribution in [0.4, 0.5) is 0 Å². The second-order valence-electron chi connectivity index (χ2n) is 6.09. The number of hydrogen-bond donors (Lipinski definition) is 1. The molecule has 2 aromatic heterocycles. The zero-order chi connectivity index (χ0) is 16.1. The van der Waals surface area contributed by atoms with Gasteiger partial charge in [0, 0.05) is 45.5 Å². The number of furan rings is 1. The Morgan fingerprint density at radius 1 is 1.50 bits per heavy atom. The molecule has 3 rings (SSSR count). The highest BCUT2D eigenvalue weighted by molar-refractivity contribution is 14.0. The van der Waals surface area contributed by atoms with E-state index in [1.807, 2.05) is 31.7 Å². The quantitative estimate of drug-likeness (QED) is 0.449. The summed E-state index contributed by atoms with van der Waals surface area (Å²) in [7, 11) is 1.85. The van der Waals surface area contributed by atoms with Gasteiger partial charge in [0.2, 0.25) is 0 Å². The molecule has 1 fully saturated rings. The van der Waals surface area contributed by atoms with Crippen molar-refractivity contribution in [1.29, 1.82) is 0 Å². The van der Waals surface area contributed by atoms with Crippen LogP contribution in [0.3, 0.4) is 0 Å². The molecule has 2 unspecified atom stereocenters. The number of nitrogens with one attached hydrogen (secondary N) is 1. The lowest BCUT2D eigenvalue weighted by Crippen LogP contribution is -2.49. The van der Waals surface area contributed by atoms with E-state index in [0.717, 1.165) is 44.2 Å². The zero-order valence-electron chi connectivity index (χ0n) is 14.3. The highest BCUT2D eigenvalue weighted by Crippen LogP contribution is 2.27. The third kappa shape index (κ3) is 4.52. The molecule has 1 saturated heterocycles. The molecule has 0 spiro atoms. The van der Waals surface area contributed by atoms with Crippen molar-refractivity contribution in [3.63, 3.8) is 0 Å². The monoisotopic (exact) mass is 443 g/mol. The SMILES string of the molecule is CN=C(NCCc1ccco1)N1CCC(C)C(n2ccnc2)C1.I. The lowest BCUT2D eigenvalue weighted by Gasteiger charge is -2.39. The Hall–Kier alpha value is -1.51. The molecular weight excluding hydrogens is 417 g/mol. The first-order valence-corrected chi connectivity index (χ1v) is 8.23. The third-order valence-corrected chi connectivity index (χ3v) is 4.57. The molecule has 0 bridgehead atoms. The molecule has 0 aromatic carbocycles. The number of imidazole rings is 1. The first-order chi connectivity index (χ1) is 11.3. The van der Waals surface area contributed by atoms with Gasteiger partial charge in [0.25, 0.3) is 0 Å². The Labute approximate surface area is 160 Å². The van der Waals surface area contributed by atoms with Crippen LogP contribution in [0, 0.1) is 5.92 Å². The van der Waals surface area contributed by atoms with Crippen molar-refractivity contribution in [2.24, 2.45) is 10.9 Å². The summed E-state index contributed by atoms with van der Waals surface area (Å²) in [6.07, 6.45) is 9.55. The smallest absolute Gasteiger partial charge is 0.193 e. The Kier molecular flexibility index (Phi) is 7.14. The Morgan fingerprint density at radius 2 is 2.38 bits per heavy atom. The summed E-state index contributed by atoms with van der Waals surface area (Å²) in [4.78, 5) is 11.0. The topological polar surface area (TPSA) is 58.6 Å². The molecule has 3 heterocycles. The number of rotatable bonds is 4. The third-order valence-electron chi connectivity index (χ3n) is 4.57. The van der Waals surface area contributed by atoms with Crippen LogP contribution in [0.15, 0.2) is 46.5 Å². The predicted octanol–water partition coefficient (Wildman–Crippen LogP) is 2.80. The molecule has 2 atom stereocenters. The van der Waals surface area contributed by atoms with E-state index in [1.165, 1.54) is 0 Å². The van der Waals surface area contributed by atoms with Crippen molar-refractivity contribution < 1.29 is 4.42 Å². The van der Waals surface area contributed by atoms with Gasteiger partial charge in [0.05, 0.1) is 18.6 Å². The lowest BCUT2D eigenvalue weighted by atomic mass is 9.93. The number of likely N-dealkylation sites (tertiary alicyclic amines) is 1. The van der Waals surface area contributed by atoms with Gasteiger partial charge in [-0.15, -0.1) is 24.0 Å². The molecule has 0 radical (unpaired) electrons. The first-order valence-electron chi connectivity index (χ1n) is 8.23. The van der Waals surface area contributed by atoms with E-state index in [-0.39, 0.29) is 24.0 Å². The number of nitrogens with zero attached hydrogens (tertiary/aromatic N) is 4. The molecule has 0 saturated carbocycles. The van der Waals surface area contributed by atoms with Crippen LogP contribution in [0.1, 0.15) is 25.1 Å². The summed E-state index contributed by atoms with van der Waals surface area (Å²) in [6, 6.07) is 4.36. The molecule has 1 aliphatic rings. The van der Waals surface area contributed by atoms with Gasteiger partial charge in [-0.05, 0) is 24.5 Å². The molecular formula is C17H26IN5O. The number of piperidine rings is 1. The summed E-state index contributed by atoms with van der Waals surface area (Å²) in [5.41, 5.74) is 0. The minimum Gasteiger partial charge on any atom is -0.469 e. The van der Waals surface area contributed by atoms with Crippen LogP contribution < -0.4 is 5.32 Å². The Morgan fingerprint density at radius 3 is 3.04 bits per heavy atom. The first kappa shape index (κ1) is 18.8. The van der Waals surface area contributed by atoms with Crippen molar-refractivity contribution in [1.82, 2.24) is 19.8 Å². The second-order valence-corrected chi connectivity index (χ2v) is 6.09. The molecule has 132 valence electrons. The molecule has 7 heteroatoms. The minimum absolute atomic E-state index is 0.